The lowest BCUT2D eigenvalue weighted by Gasteiger charge is -2.21. The van der Waals surface area contributed by atoms with Crippen molar-refractivity contribution in [1.82, 2.24) is 0 Å². The highest BCUT2D eigenvalue weighted by atomic mass is 79.9. The van der Waals surface area contributed by atoms with Crippen LogP contribution in [0, 0.1) is 11.3 Å². The molecule has 0 radical (unpaired) electrons. The number of nitriles is 1. The van der Waals surface area contributed by atoms with Crippen LogP contribution in [0.4, 0.5) is 5.69 Å². The molecular formula is C18H17BrN2. The topological polar surface area (TPSA) is 35.8 Å². The fraction of sp³-hybridized carbons (Fsp3) is 0.278. The van der Waals surface area contributed by atoms with Crippen LogP contribution in [0.2, 0.25) is 0 Å². The van der Waals surface area contributed by atoms with Gasteiger partial charge in [0.05, 0.1) is 17.3 Å². The number of fused-ring (bicyclic) bond motifs is 1. The number of rotatable bonds is 2. The first-order valence-corrected chi connectivity index (χ1v) is 8.11. The molecule has 2 aromatic rings. The summed E-state index contributed by atoms with van der Waals surface area (Å²) in [6, 6.07) is 17.0. The van der Waals surface area contributed by atoms with Crippen molar-refractivity contribution in [2.24, 2.45) is 0 Å². The van der Waals surface area contributed by atoms with E-state index in [0.717, 1.165) is 23.0 Å². The highest BCUT2D eigenvalue weighted by Gasteiger charge is 2.19. The van der Waals surface area contributed by atoms with Crippen molar-refractivity contribution in [2.75, 3.05) is 5.32 Å². The molecular weight excluding hydrogens is 324 g/mol. The normalized spacial score (nSPS) is 17.4. The summed E-state index contributed by atoms with van der Waals surface area (Å²) in [5, 5.41) is 12.9. The minimum absolute atomic E-state index is 0.282. The van der Waals surface area contributed by atoms with Crippen LogP contribution >= 0.6 is 15.9 Å². The van der Waals surface area contributed by atoms with Crippen molar-refractivity contribution in [3.63, 3.8) is 0 Å². The number of nitrogens with zero attached hydrogens (tertiary/aromatic N) is 1. The summed E-state index contributed by atoms with van der Waals surface area (Å²) in [7, 11) is 0. The number of aryl methyl sites for hydroxylation is 1. The lowest BCUT2D eigenvalue weighted by Crippen LogP contribution is -2.12. The van der Waals surface area contributed by atoms with Gasteiger partial charge in [0.25, 0.3) is 0 Å². The molecule has 1 unspecified atom stereocenters. The van der Waals surface area contributed by atoms with Gasteiger partial charge in [0, 0.05) is 4.47 Å². The third kappa shape index (κ3) is 3.11. The molecule has 2 aromatic carbocycles. The summed E-state index contributed by atoms with van der Waals surface area (Å²) in [5.74, 6) is 0. The van der Waals surface area contributed by atoms with E-state index in [1.54, 1.807) is 0 Å². The number of benzene rings is 2. The van der Waals surface area contributed by atoms with Crippen LogP contribution in [0.25, 0.3) is 0 Å². The van der Waals surface area contributed by atoms with Crippen molar-refractivity contribution in [2.45, 2.75) is 31.7 Å². The van der Waals surface area contributed by atoms with Crippen LogP contribution in [0.3, 0.4) is 0 Å². The van der Waals surface area contributed by atoms with Crippen molar-refractivity contribution in [3.05, 3.63) is 63.6 Å². The molecule has 1 N–H and O–H groups in total. The molecule has 2 nitrogen and oxygen atoms in total. The highest BCUT2D eigenvalue weighted by molar-refractivity contribution is 9.10. The van der Waals surface area contributed by atoms with Gasteiger partial charge in [0.2, 0.25) is 0 Å². The first-order valence-electron chi connectivity index (χ1n) is 7.32. The Morgan fingerprint density at radius 2 is 2.00 bits per heavy atom. The van der Waals surface area contributed by atoms with Gasteiger partial charge in [-0.3, -0.25) is 0 Å². The van der Waals surface area contributed by atoms with E-state index in [0.29, 0.717) is 5.56 Å². The molecule has 1 atom stereocenters. The number of anilines is 1. The highest BCUT2D eigenvalue weighted by Crippen LogP contribution is 2.33. The molecule has 0 saturated carbocycles. The zero-order chi connectivity index (χ0) is 14.7. The molecule has 3 rings (SSSR count). The third-order valence-electron chi connectivity index (χ3n) is 4.05. The van der Waals surface area contributed by atoms with Gasteiger partial charge < -0.3 is 5.32 Å². The Morgan fingerprint density at radius 3 is 2.86 bits per heavy atom. The van der Waals surface area contributed by atoms with Gasteiger partial charge >= 0.3 is 0 Å². The minimum atomic E-state index is 0.282. The Kier molecular flexibility index (Phi) is 4.26. The Balaban J connectivity index is 1.95. The second-order valence-corrected chi connectivity index (χ2v) is 6.36. The fourth-order valence-corrected chi connectivity index (χ4v) is 3.35. The summed E-state index contributed by atoms with van der Waals surface area (Å²) in [5.41, 5.74) is 4.41. The van der Waals surface area contributed by atoms with Crippen LogP contribution in [-0.4, -0.2) is 0 Å². The molecule has 21 heavy (non-hydrogen) atoms. The maximum Gasteiger partial charge on any atom is 0.101 e. The molecule has 0 saturated heterocycles. The Labute approximate surface area is 133 Å². The van der Waals surface area contributed by atoms with Crippen LogP contribution in [-0.2, 0) is 6.42 Å². The van der Waals surface area contributed by atoms with Crippen LogP contribution in [0.15, 0.2) is 46.9 Å². The fourth-order valence-electron chi connectivity index (χ4n) is 2.99. The summed E-state index contributed by atoms with van der Waals surface area (Å²) in [6.07, 6.45) is 4.70. The van der Waals surface area contributed by atoms with Gasteiger partial charge in [-0.2, -0.15) is 5.26 Å². The number of nitrogens with one attached hydrogen (secondary N) is 1. The van der Waals surface area contributed by atoms with E-state index in [-0.39, 0.29) is 6.04 Å². The van der Waals surface area contributed by atoms with Crippen molar-refractivity contribution < 1.29 is 0 Å². The molecule has 0 aromatic heterocycles. The Bertz CT molecular complexity index is 688. The van der Waals surface area contributed by atoms with E-state index in [9.17, 15) is 5.26 Å². The van der Waals surface area contributed by atoms with E-state index >= 15 is 0 Å². The number of halogens is 1. The molecule has 3 heteroatoms. The van der Waals surface area contributed by atoms with E-state index < -0.39 is 0 Å². The molecule has 0 heterocycles. The summed E-state index contributed by atoms with van der Waals surface area (Å²) < 4.78 is 0.992. The average Bonchev–Trinajstić information content (AvgIpc) is 2.70. The molecule has 0 fully saturated rings. The third-order valence-corrected chi connectivity index (χ3v) is 4.54. The second-order valence-electron chi connectivity index (χ2n) is 5.44. The molecule has 106 valence electrons. The maximum atomic E-state index is 9.28. The van der Waals surface area contributed by atoms with E-state index in [1.165, 1.54) is 24.0 Å². The zero-order valence-corrected chi connectivity index (χ0v) is 13.4. The van der Waals surface area contributed by atoms with E-state index in [1.807, 2.05) is 18.2 Å². The standard InChI is InChI=1S/C18H17BrN2/c19-15-10-9-14(12-20)18(11-15)21-17-8-4-2-6-13-5-1-3-7-16(13)17/h1,3,5,7,9-11,17,21H,2,4,6,8H2. The summed E-state index contributed by atoms with van der Waals surface area (Å²) >= 11 is 3.49. The first kappa shape index (κ1) is 14.2. The predicted molar refractivity (Wildman–Crippen MR) is 89.2 cm³/mol. The van der Waals surface area contributed by atoms with Gasteiger partial charge in [-0.25, -0.2) is 0 Å². The molecule has 0 bridgehead atoms. The largest absolute Gasteiger partial charge is 0.377 e. The van der Waals surface area contributed by atoms with Gasteiger partial charge in [0.1, 0.15) is 6.07 Å². The second kappa shape index (κ2) is 6.32. The number of hydrogen-bond donors (Lipinski definition) is 1. The number of hydrogen-bond acceptors (Lipinski definition) is 2. The maximum absolute atomic E-state index is 9.28. The van der Waals surface area contributed by atoms with Crippen LogP contribution in [0.5, 0.6) is 0 Å². The van der Waals surface area contributed by atoms with E-state index in [2.05, 4.69) is 51.6 Å². The Hall–Kier alpha value is -1.79. The zero-order valence-electron chi connectivity index (χ0n) is 11.8. The first-order chi connectivity index (χ1) is 10.3. The van der Waals surface area contributed by atoms with Gasteiger partial charge in [-0.1, -0.05) is 46.6 Å². The van der Waals surface area contributed by atoms with Crippen molar-refractivity contribution >= 4 is 21.6 Å². The summed E-state index contributed by atoms with van der Waals surface area (Å²) in [4.78, 5) is 0. The van der Waals surface area contributed by atoms with E-state index in [4.69, 9.17) is 0 Å². The molecule has 0 aliphatic heterocycles. The minimum Gasteiger partial charge on any atom is -0.377 e. The van der Waals surface area contributed by atoms with Gasteiger partial charge in [-0.05, 0) is 48.6 Å². The van der Waals surface area contributed by atoms with Crippen LogP contribution < -0.4 is 5.32 Å². The van der Waals surface area contributed by atoms with Crippen molar-refractivity contribution in [1.29, 1.82) is 5.26 Å². The molecule has 1 aliphatic rings. The summed E-state index contributed by atoms with van der Waals surface area (Å²) in [6.45, 7) is 0. The lowest BCUT2D eigenvalue weighted by molar-refractivity contribution is 0.644. The average molecular weight is 341 g/mol. The van der Waals surface area contributed by atoms with Gasteiger partial charge in [-0.15, -0.1) is 0 Å². The van der Waals surface area contributed by atoms with Crippen molar-refractivity contribution in [3.8, 4) is 6.07 Å². The van der Waals surface area contributed by atoms with Crippen LogP contribution in [0.1, 0.15) is 42.0 Å². The Morgan fingerprint density at radius 1 is 1.14 bits per heavy atom. The smallest absolute Gasteiger partial charge is 0.101 e. The monoisotopic (exact) mass is 340 g/mol. The lowest BCUT2D eigenvalue weighted by atomic mass is 9.98. The quantitative estimate of drug-likeness (QED) is 0.762. The molecule has 1 aliphatic carbocycles. The molecule has 0 spiro atoms. The SMILES string of the molecule is N#Cc1ccc(Br)cc1NC1CCCCc2ccccc21. The van der Waals surface area contributed by atoms with Gasteiger partial charge in [0.15, 0.2) is 0 Å². The molecule has 0 amide bonds. The predicted octanol–water partition coefficient (Wildman–Crippen LogP) is 5.20.